The third-order valence-corrected chi connectivity index (χ3v) is 3.59. The number of rotatable bonds is 6. The molecule has 0 saturated carbocycles. The second-order valence-electron chi connectivity index (χ2n) is 5.37. The molecule has 0 spiro atoms. The normalized spacial score (nSPS) is 13.1. The molecule has 116 valence electrons. The van der Waals surface area contributed by atoms with E-state index >= 15 is 0 Å². The molecule has 0 fully saturated rings. The molecule has 1 heterocycles. The van der Waals surface area contributed by atoms with Crippen LogP contribution in [0.3, 0.4) is 0 Å². The maximum absolute atomic E-state index is 13.8. The number of aryl methyl sites for hydroxylation is 1. The highest BCUT2D eigenvalue weighted by atomic mass is 35.5. The molecule has 0 N–H and O–H groups in total. The predicted octanol–water partition coefficient (Wildman–Crippen LogP) is 3.44. The van der Waals surface area contributed by atoms with Crippen molar-refractivity contribution in [2.24, 2.45) is 0 Å². The minimum atomic E-state index is -0.406. The van der Waals surface area contributed by atoms with Crippen molar-refractivity contribution in [1.82, 2.24) is 14.5 Å². The van der Waals surface area contributed by atoms with E-state index < -0.39 is 5.82 Å². The first-order valence-corrected chi connectivity index (χ1v) is 7.40. The van der Waals surface area contributed by atoms with Crippen LogP contribution in [0.15, 0.2) is 12.1 Å². The molecule has 21 heavy (non-hydrogen) atoms. The summed E-state index contributed by atoms with van der Waals surface area (Å²) < 4.78 is 20.9. The Kier molecular flexibility index (Phi) is 5.06. The van der Waals surface area contributed by atoms with Gasteiger partial charge in [-0.1, -0.05) is 0 Å². The lowest BCUT2D eigenvalue weighted by Gasteiger charge is -2.13. The second kappa shape index (κ2) is 6.62. The van der Waals surface area contributed by atoms with Crippen LogP contribution in [0.4, 0.5) is 4.39 Å². The van der Waals surface area contributed by atoms with Gasteiger partial charge in [0.15, 0.2) is 11.6 Å². The van der Waals surface area contributed by atoms with E-state index in [1.165, 1.54) is 13.2 Å². The maximum atomic E-state index is 13.8. The van der Waals surface area contributed by atoms with Crippen LogP contribution in [0, 0.1) is 5.82 Å². The zero-order valence-electron chi connectivity index (χ0n) is 12.9. The molecular weight excluding hydrogens is 293 g/mol. The number of halogens is 2. The molecule has 4 nitrogen and oxygen atoms in total. The van der Waals surface area contributed by atoms with Gasteiger partial charge >= 0.3 is 0 Å². The Morgan fingerprint density at radius 1 is 1.43 bits per heavy atom. The molecule has 0 radical (unpaired) electrons. The van der Waals surface area contributed by atoms with E-state index in [9.17, 15) is 4.39 Å². The molecule has 0 amide bonds. The van der Waals surface area contributed by atoms with Crippen molar-refractivity contribution in [2.45, 2.75) is 25.3 Å². The van der Waals surface area contributed by atoms with Crippen LogP contribution < -0.4 is 4.74 Å². The van der Waals surface area contributed by atoms with Crippen molar-refractivity contribution < 1.29 is 9.13 Å². The first-order chi connectivity index (χ1) is 9.93. The van der Waals surface area contributed by atoms with E-state index in [2.05, 4.69) is 14.5 Å². The van der Waals surface area contributed by atoms with Crippen molar-refractivity contribution in [3.8, 4) is 5.75 Å². The van der Waals surface area contributed by atoms with Gasteiger partial charge in [-0.2, -0.15) is 0 Å². The second-order valence-corrected chi connectivity index (χ2v) is 6.02. The molecule has 0 bridgehead atoms. The summed E-state index contributed by atoms with van der Waals surface area (Å²) in [7, 11) is 5.53. The van der Waals surface area contributed by atoms with Gasteiger partial charge in [0.2, 0.25) is 0 Å². The molecule has 1 atom stereocenters. The van der Waals surface area contributed by atoms with Gasteiger partial charge in [-0.15, -0.1) is 11.6 Å². The largest absolute Gasteiger partial charge is 0.494 e. The number of nitrogens with zero attached hydrogens (tertiary/aromatic N) is 3. The molecule has 0 saturated heterocycles. The molecule has 0 aliphatic rings. The van der Waals surface area contributed by atoms with Crippen LogP contribution in [0.5, 0.6) is 5.75 Å². The Labute approximate surface area is 129 Å². The standard InChI is InChI=1S/C15H21ClFN3O/c1-10(16)15-18-12-8-11(17)14(21-4)9-13(12)20(15)7-5-6-19(2)3/h8-10H,5-7H2,1-4H3. The molecular formula is C15H21ClFN3O. The SMILES string of the molecule is COc1cc2c(cc1F)nc(C(C)Cl)n2CCCN(C)C. The lowest BCUT2D eigenvalue weighted by molar-refractivity contribution is 0.384. The number of methoxy groups -OCH3 is 1. The molecule has 1 unspecified atom stereocenters. The number of benzene rings is 1. The topological polar surface area (TPSA) is 30.3 Å². The van der Waals surface area contributed by atoms with E-state index in [1.807, 2.05) is 21.0 Å². The fourth-order valence-corrected chi connectivity index (χ4v) is 2.55. The Morgan fingerprint density at radius 3 is 2.71 bits per heavy atom. The first-order valence-electron chi connectivity index (χ1n) is 6.96. The first kappa shape index (κ1) is 16.0. The van der Waals surface area contributed by atoms with Gasteiger partial charge in [-0.25, -0.2) is 9.37 Å². The lowest BCUT2D eigenvalue weighted by Crippen LogP contribution is -2.16. The molecule has 2 rings (SSSR count). The average Bonchev–Trinajstić information content (AvgIpc) is 2.75. The van der Waals surface area contributed by atoms with Gasteiger partial charge < -0.3 is 14.2 Å². The predicted molar refractivity (Wildman–Crippen MR) is 83.7 cm³/mol. The fourth-order valence-electron chi connectivity index (χ4n) is 2.39. The van der Waals surface area contributed by atoms with Crippen LogP contribution in [0.2, 0.25) is 0 Å². The highest BCUT2D eigenvalue weighted by Gasteiger charge is 2.17. The van der Waals surface area contributed by atoms with Crippen LogP contribution in [-0.4, -0.2) is 42.2 Å². The Balaban J connectivity index is 2.45. The van der Waals surface area contributed by atoms with Gasteiger partial charge in [0.05, 0.1) is 23.5 Å². The van der Waals surface area contributed by atoms with Crippen LogP contribution in [0.1, 0.15) is 24.5 Å². The smallest absolute Gasteiger partial charge is 0.167 e. The van der Waals surface area contributed by atoms with E-state index in [0.717, 1.165) is 30.9 Å². The number of alkyl halides is 1. The van der Waals surface area contributed by atoms with E-state index in [-0.39, 0.29) is 11.1 Å². The third kappa shape index (κ3) is 3.47. The van der Waals surface area contributed by atoms with Gasteiger partial charge in [0, 0.05) is 18.7 Å². The molecule has 1 aromatic heterocycles. The summed E-state index contributed by atoms with van der Waals surface area (Å²) >= 11 is 6.22. The summed E-state index contributed by atoms with van der Waals surface area (Å²) in [5.41, 5.74) is 1.47. The maximum Gasteiger partial charge on any atom is 0.167 e. The highest BCUT2D eigenvalue weighted by molar-refractivity contribution is 6.20. The number of aromatic nitrogens is 2. The van der Waals surface area contributed by atoms with Crippen LogP contribution in [-0.2, 0) is 6.54 Å². The zero-order valence-corrected chi connectivity index (χ0v) is 13.6. The van der Waals surface area contributed by atoms with Crippen molar-refractivity contribution >= 4 is 22.6 Å². The van der Waals surface area contributed by atoms with E-state index in [4.69, 9.17) is 16.3 Å². The molecule has 0 aliphatic heterocycles. The minimum Gasteiger partial charge on any atom is -0.494 e. The summed E-state index contributed by atoms with van der Waals surface area (Å²) in [6, 6.07) is 3.09. The Morgan fingerprint density at radius 2 is 2.14 bits per heavy atom. The molecule has 6 heteroatoms. The average molecular weight is 314 g/mol. The van der Waals surface area contributed by atoms with Gasteiger partial charge in [0.1, 0.15) is 5.82 Å². The Hall–Kier alpha value is -1.33. The third-order valence-electron chi connectivity index (χ3n) is 3.39. The zero-order chi connectivity index (χ0) is 15.6. The number of imidazole rings is 1. The monoisotopic (exact) mass is 313 g/mol. The van der Waals surface area contributed by atoms with E-state index in [0.29, 0.717) is 5.52 Å². The summed E-state index contributed by atoms with van der Waals surface area (Å²) in [4.78, 5) is 6.60. The van der Waals surface area contributed by atoms with Gasteiger partial charge in [-0.3, -0.25) is 0 Å². The molecule has 0 aliphatic carbocycles. The van der Waals surface area contributed by atoms with Gasteiger partial charge in [-0.05, 0) is 34.0 Å². The van der Waals surface area contributed by atoms with Crippen molar-refractivity contribution in [2.75, 3.05) is 27.7 Å². The number of ether oxygens (including phenoxy) is 1. The highest BCUT2D eigenvalue weighted by Crippen LogP contribution is 2.29. The van der Waals surface area contributed by atoms with E-state index in [1.54, 1.807) is 6.07 Å². The summed E-state index contributed by atoms with van der Waals surface area (Å²) in [5.74, 6) is 0.583. The summed E-state index contributed by atoms with van der Waals surface area (Å²) in [6.45, 7) is 3.63. The van der Waals surface area contributed by atoms with Crippen molar-refractivity contribution in [3.63, 3.8) is 0 Å². The van der Waals surface area contributed by atoms with Gasteiger partial charge in [0.25, 0.3) is 0 Å². The lowest BCUT2D eigenvalue weighted by atomic mass is 10.2. The van der Waals surface area contributed by atoms with Crippen molar-refractivity contribution in [3.05, 3.63) is 23.8 Å². The number of hydrogen-bond acceptors (Lipinski definition) is 3. The summed E-state index contributed by atoms with van der Waals surface area (Å²) in [6.07, 6.45) is 0.967. The quantitative estimate of drug-likeness (QED) is 0.765. The number of fused-ring (bicyclic) bond motifs is 1. The summed E-state index contributed by atoms with van der Waals surface area (Å²) in [5, 5.41) is -0.231. The number of hydrogen-bond donors (Lipinski definition) is 0. The fraction of sp³-hybridized carbons (Fsp3) is 0.533. The molecule has 2 aromatic rings. The van der Waals surface area contributed by atoms with Crippen LogP contribution in [0.25, 0.3) is 11.0 Å². The van der Waals surface area contributed by atoms with Crippen molar-refractivity contribution in [1.29, 1.82) is 0 Å². The van der Waals surface area contributed by atoms with Crippen LogP contribution >= 0.6 is 11.6 Å². The minimum absolute atomic E-state index is 0.227. The molecule has 1 aromatic carbocycles. The Bertz CT molecular complexity index is 625.